The van der Waals surface area contributed by atoms with E-state index in [1.165, 1.54) is 12.8 Å². The fourth-order valence-electron chi connectivity index (χ4n) is 2.56. The van der Waals surface area contributed by atoms with Crippen molar-refractivity contribution in [3.05, 3.63) is 0 Å². The first-order valence-electron chi connectivity index (χ1n) is 5.50. The summed E-state index contributed by atoms with van der Waals surface area (Å²) in [5.74, 6) is 0.888. The lowest BCUT2D eigenvalue weighted by atomic mass is 9.87. The minimum atomic E-state index is -0.504. The third-order valence-electron chi connectivity index (χ3n) is 3.81. The van der Waals surface area contributed by atoms with E-state index in [1.54, 1.807) is 0 Å². The van der Waals surface area contributed by atoms with Crippen LogP contribution >= 0.6 is 0 Å². The van der Waals surface area contributed by atoms with Gasteiger partial charge in [0.25, 0.3) is 0 Å². The van der Waals surface area contributed by atoms with Crippen molar-refractivity contribution >= 4 is 0 Å². The summed E-state index contributed by atoms with van der Waals surface area (Å²) in [6, 6.07) is 0. The van der Waals surface area contributed by atoms with Gasteiger partial charge < -0.3 is 10.2 Å². The van der Waals surface area contributed by atoms with E-state index < -0.39 is 5.60 Å². The molecule has 0 bridgehead atoms. The maximum absolute atomic E-state index is 9.99. The fraction of sp³-hybridized carbons (Fsp3) is 1.00. The molecule has 2 fully saturated rings. The first-order chi connectivity index (χ1) is 6.09. The summed E-state index contributed by atoms with van der Waals surface area (Å²) >= 11 is 0. The van der Waals surface area contributed by atoms with Gasteiger partial charge in [-0.3, -0.25) is 0 Å². The zero-order valence-corrected chi connectivity index (χ0v) is 8.37. The van der Waals surface area contributed by atoms with Crippen molar-refractivity contribution < 1.29 is 10.2 Å². The molecule has 2 N–H and O–H groups in total. The summed E-state index contributed by atoms with van der Waals surface area (Å²) < 4.78 is 0. The van der Waals surface area contributed by atoms with Crippen LogP contribution in [0.3, 0.4) is 0 Å². The summed E-state index contributed by atoms with van der Waals surface area (Å²) in [7, 11) is 0. The van der Waals surface area contributed by atoms with Gasteiger partial charge in [-0.05, 0) is 50.9 Å². The molecule has 76 valence electrons. The Morgan fingerprint density at radius 1 is 1.38 bits per heavy atom. The minimum Gasteiger partial charge on any atom is -0.393 e. The number of aliphatic hydroxyl groups excluding tert-OH is 1. The van der Waals surface area contributed by atoms with Crippen molar-refractivity contribution in [3.63, 3.8) is 0 Å². The monoisotopic (exact) mass is 184 g/mol. The quantitative estimate of drug-likeness (QED) is 0.701. The summed E-state index contributed by atoms with van der Waals surface area (Å²) in [5, 5.41) is 19.8. The van der Waals surface area contributed by atoms with Gasteiger partial charge >= 0.3 is 0 Å². The SMILES string of the molecule is CC1(O)CCCC1CC(O)C1CC1. The first kappa shape index (κ1) is 9.47. The molecule has 0 aliphatic heterocycles. The standard InChI is InChI=1S/C11H20O2/c1-11(13)6-2-3-9(11)7-10(12)8-4-5-8/h8-10,12-13H,2-7H2,1H3. The van der Waals surface area contributed by atoms with E-state index in [0.29, 0.717) is 11.8 Å². The molecule has 0 aromatic carbocycles. The Labute approximate surface area is 80.0 Å². The highest BCUT2D eigenvalue weighted by Crippen LogP contribution is 2.42. The van der Waals surface area contributed by atoms with Crippen molar-refractivity contribution in [1.29, 1.82) is 0 Å². The normalized spacial score (nSPS) is 42.2. The lowest BCUT2D eigenvalue weighted by Gasteiger charge is -2.27. The third-order valence-corrected chi connectivity index (χ3v) is 3.81. The second-order valence-electron chi connectivity index (χ2n) is 5.09. The molecule has 2 aliphatic carbocycles. The molecule has 2 aliphatic rings. The molecule has 2 saturated carbocycles. The average Bonchev–Trinajstić information content (AvgIpc) is 2.80. The van der Waals surface area contributed by atoms with Gasteiger partial charge in [-0.2, -0.15) is 0 Å². The molecule has 13 heavy (non-hydrogen) atoms. The molecule has 0 aromatic rings. The lowest BCUT2D eigenvalue weighted by molar-refractivity contribution is -0.00483. The zero-order valence-electron chi connectivity index (χ0n) is 8.37. The molecule has 0 saturated heterocycles. The zero-order chi connectivity index (χ0) is 9.47. The van der Waals surface area contributed by atoms with Crippen molar-refractivity contribution in [2.75, 3.05) is 0 Å². The molecule has 0 radical (unpaired) electrons. The van der Waals surface area contributed by atoms with Crippen LogP contribution in [0.4, 0.5) is 0 Å². The fourth-order valence-corrected chi connectivity index (χ4v) is 2.56. The molecule has 2 rings (SSSR count). The van der Waals surface area contributed by atoms with E-state index in [-0.39, 0.29) is 6.10 Å². The predicted molar refractivity (Wildman–Crippen MR) is 51.3 cm³/mol. The highest BCUT2D eigenvalue weighted by Gasteiger charge is 2.40. The lowest BCUT2D eigenvalue weighted by Crippen LogP contribution is -2.32. The van der Waals surface area contributed by atoms with Gasteiger partial charge in [0.15, 0.2) is 0 Å². The third kappa shape index (κ3) is 2.05. The second kappa shape index (κ2) is 3.25. The van der Waals surface area contributed by atoms with Crippen LogP contribution in [-0.2, 0) is 0 Å². The smallest absolute Gasteiger partial charge is 0.0648 e. The van der Waals surface area contributed by atoms with Crippen LogP contribution in [0.5, 0.6) is 0 Å². The summed E-state index contributed by atoms with van der Waals surface area (Å²) in [5.41, 5.74) is -0.504. The second-order valence-corrected chi connectivity index (χ2v) is 5.09. The van der Waals surface area contributed by atoms with Gasteiger partial charge in [-0.1, -0.05) is 6.42 Å². The van der Waals surface area contributed by atoms with Gasteiger partial charge in [0.05, 0.1) is 11.7 Å². The van der Waals surface area contributed by atoms with Crippen LogP contribution in [-0.4, -0.2) is 21.9 Å². The Kier molecular flexibility index (Phi) is 2.37. The molecule has 3 atom stereocenters. The van der Waals surface area contributed by atoms with Crippen molar-refractivity contribution in [1.82, 2.24) is 0 Å². The molecule has 3 unspecified atom stereocenters. The van der Waals surface area contributed by atoms with Gasteiger partial charge in [0.1, 0.15) is 0 Å². The van der Waals surface area contributed by atoms with Crippen LogP contribution in [0.1, 0.15) is 45.4 Å². The van der Waals surface area contributed by atoms with Crippen LogP contribution < -0.4 is 0 Å². The van der Waals surface area contributed by atoms with Crippen LogP contribution in [0.25, 0.3) is 0 Å². The summed E-state index contributed by atoms with van der Waals surface area (Å²) in [4.78, 5) is 0. The van der Waals surface area contributed by atoms with E-state index in [1.807, 2.05) is 6.92 Å². The van der Waals surface area contributed by atoms with Crippen molar-refractivity contribution in [2.24, 2.45) is 11.8 Å². The van der Waals surface area contributed by atoms with E-state index >= 15 is 0 Å². The highest BCUT2D eigenvalue weighted by atomic mass is 16.3. The van der Waals surface area contributed by atoms with Gasteiger partial charge in [-0.15, -0.1) is 0 Å². The van der Waals surface area contributed by atoms with Gasteiger partial charge in [0, 0.05) is 0 Å². The van der Waals surface area contributed by atoms with Crippen molar-refractivity contribution in [2.45, 2.75) is 57.2 Å². The van der Waals surface area contributed by atoms with E-state index in [4.69, 9.17) is 0 Å². The Balaban J connectivity index is 1.86. The number of rotatable bonds is 3. The largest absolute Gasteiger partial charge is 0.393 e. The summed E-state index contributed by atoms with van der Waals surface area (Å²) in [6.07, 6.45) is 6.18. The maximum atomic E-state index is 9.99. The van der Waals surface area contributed by atoms with Crippen LogP contribution in [0, 0.1) is 11.8 Å². The van der Waals surface area contributed by atoms with Gasteiger partial charge in [0.2, 0.25) is 0 Å². The topological polar surface area (TPSA) is 40.5 Å². The predicted octanol–water partition coefficient (Wildman–Crippen LogP) is 1.70. The summed E-state index contributed by atoms with van der Waals surface area (Å²) in [6.45, 7) is 1.92. The molecule has 0 amide bonds. The maximum Gasteiger partial charge on any atom is 0.0648 e. The number of aliphatic hydroxyl groups is 2. The molecular weight excluding hydrogens is 164 g/mol. The molecule has 2 nitrogen and oxygen atoms in total. The Hall–Kier alpha value is -0.0800. The number of hydrogen-bond donors (Lipinski definition) is 2. The van der Waals surface area contributed by atoms with E-state index in [0.717, 1.165) is 25.7 Å². The van der Waals surface area contributed by atoms with E-state index in [2.05, 4.69) is 0 Å². The molecule has 0 spiro atoms. The highest BCUT2D eigenvalue weighted by molar-refractivity contribution is 4.92. The van der Waals surface area contributed by atoms with Crippen LogP contribution in [0.15, 0.2) is 0 Å². The Morgan fingerprint density at radius 3 is 2.54 bits per heavy atom. The van der Waals surface area contributed by atoms with E-state index in [9.17, 15) is 10.2 Å². The average molecular weight is 184 g/mol. The molecule has 0 aromatic heterocycles. The first-order valence-corrected chi connectivity index (χ1v) is 5.50. The Morgan fingerprint density at radius 2 is 2.08 bits per heavy atom. The molecule has 2 heteroatoms. The molecule has 0 heterocycles. The minimum absolute atomic E-state index is 0.144. The van der Waals surface area contributed by atoms with Gasteiger partial charge in [-0.25, -0.2) is 0 Å². The number of hydrogen-bond acceptors (Lipinski definition) is 2. The van der Waals surface area contributed by atoms with Crippen LogP contribution in [0.2, 0.25) is 0 Å². The molecular formula is C11H20O2. The van der Waals surface area contributed by atoms with Crippen molar-refractivity contribution in [3.8, 4) is 0 Å². The Bertz CT molecular complexity index is 185.